The van der Waals surface area contributed by atoms with Crippen LogP contribution in [0.4, 0.5) is 5.69 Å². The first-order valence-electron chi connectivity index (χ1n) is 8.15. The first-order valence-corrected chi connectivity index (χ1v) is 8.15. The molecule has 2 rings (SSSR count). The van der Waals surface area contributed by atoms with Crippen molar-refractivity contribution >= 4 is 41.5 Å². The second-order valence-electron chi connectivity index (χ2n) is 5.61. The summed E-state index contributed by atoms with van der Waals surface area (Å²) < 4.78 is 0. The van der Waals surface area contributed by atoms with Crippen LogP contribution in [0.25, 0.3) is 0 Å². The molecule has 1 aromatic rings. The number of carbonyl (C=O) groups excluding carboxylic acids is 1. The molecule has 0 atom stereocenters. The molecule has 1 fully saturated rings. The van der Waals surface area contributed by atoms with Crippen molar-refractivity contribution in [3.8, 4) is 0 Å². The highest BCUT2D eigenvalue weighted by Crippen LogP contribution is 2.18. The van der Waals surface area contributed by atoms with Gasteiger partial charge in [-0.2, -0.15) is 0 Å². The molecule has 0 unspecified atom stereocenters. The van der Waals surface area contributed by atoms with Gasteiger partial charge in [-0.3, -0.25) is 4.79 Å². The van der Waals surface area contributed by atoms with Gasteiger partial charge in [-0.25, -0.2) is 4.99 Å². The second kappa shape index (κ2) is 10.5. The number of anilines is 1. The van der Waals surface area contributed by atoms with Crippen LogP contribution < -0.4 is 16.0 Å². The Balaban J connectivity index is 0.00000264. The summed E-state index contributed by atoms with van der Waals surface area (Å²) >= 11 is 0. The zero-order valence-corrected chi connectivity index (χ0v) is 16.2. The van der Waals surface area contributed by atoms with Gasteiger partial charge in [0.05, 0.1) is 6.54 Å². The van der Waals surface area contributed by atoms with Gasteiger partial charge < -0.3 is 16.0 Å². The predicted molar refractivity (Wildman–Crippen MR) is 106 cm³/mol. The Bertz CT molecular complexity index is 529. The van der Waals surface area contributed by atoms with E-state index in [0.29, 0.717) is 19.0 Å². The van der Waals surface area contributed by atoms with Gasteiger partial charge in [-0.1, -0.05) is 19.1 Å². The van der Waals surface area contributed by atoms with Crippen molar-refractivity contribution in [2.45, 2.75) is 52.1 Å². The van der Waals surface area contributed by atoms with Crippen LogP contribution in [0.5, 0.6) is 0 Å². The van der Waals surface area contributed by atoms with E-state index in [1.54, 1.807) is 0 Å². The van der Waals surface area contributed by atoms with E-state index in [1.807, 2.05) is 31.2 Å². The SMILES string of the molecule is CCCC(=O)Nc1cccc(CN=C(NCC)NC2CC2)c1.I. The molecule has 3 N–H and O–H groups in total. The van der Waals surface area contributed by atoms with E-state index in [2.05, 4.69) is 27.9 Å². The number of hydrogen-bond donors (Lipinski definition) is 3. The van der Waals surface area contributed by atoms with Gasteiger partial charge in [-0.15, -0.1) is 24.0 Å². The highest BCUT2D eigenvalue weighted by Gasteiger charge is 2.21. The number of carbonyl (C=O) groups is 1. The highest BCUT2D eigenvalue weighted by atomic mass is 127. The number of aliphatic imine (C=N–C) groups is 1. The topological polar surface area (TPSA) is 65.5 Å². The molecule has 6 heteroatoms. The number of nitrogens with one attached hydrogen (secondary N) is 3. The Morgan fingerprint density at radius 1 is 1.30 bits per heavy atom. The largest absolute Gasteiger partial charge is 0.357 e. The quantitative estimate of drug-likeness (QED) is 0.354. The van der Waals surface area contributed by atoms with Crippen molar-refractivity contribution in [1.82, 2.24) is 10.6 Å². The van der Waals surface area contributed by atoms with Crippen LogP contribution in [0.2, 0.25) is 0 Å². The van der Waals surface area contributed by atoms with Crippen LogP contribution in [0.3, 0.4) is 0 Å². The fourth-order valence-electron chi connectivity index (χ4n) is 2.11. The molecule has 0 saturated heterocycles. The van der Waals surface area contributed by atoms with E-state index in [1.165, 1.54) is 12.8 Å². The molecule has 0 radical (unpaired) electrons. The molecule has 0 heterocycles. The molecule has 0 bridgehead atoms. The van der Waals surface area contributed by atoms with E-state index >= 15 is 0 Å². The number of guanidine groups is 1. The maximum Gasteiger partial charge on any atom is 0.224 e. The summed E-state index contributed by atoms with van der Waals surface area (Å²) in [5, 5.41) is 9.57. The minimum Gasteiger partial charge on any atom is -0.357 e. The van der Waals surface area contributed by atoms with Gasteiger partial charge >= 0.3 is 0 Å². The summed E-state index contributed by atoms with van der Waals surface area (Å²) in [6, 6.07) is 8.46. The zero-order valence-electron chi connectivity index (χ0n) is 13.9. The minimum absolute atomic E-state index is 0. The molecule has 1 aliphatic rings. The lowest BCUT2D eigenvalue weighted by atomic mass is 10.2. The van der Waals surface area contributed by atoms with Gasteiger partial charge in [0.1, 0.15) is 0 Å². The lowest BCUT2D eigenvalue weighted by molar-refractivity contribution is -0.116. The number of benzene rings is 1. The van der Waals surface area contributed by atoms with Crippen molar-refractivity contribution in [2.75, 3.05) is 11.9 Å². The molecule has 0 aromatic heterocycles. The van der Waals surface area contributed by atoms with Gasteiger partial charge in [0.15, 0.2) is 5.96 Å². The predicted octanol–water partition coefficient (Wildman–Crippen LogP) is 3.26. The van der Waals surface area contributed by atoms with Crippen LogP contribution in [0, 0.1) is 0 Å². The molecule has 1 amide bonds. The number of amides is 1. The Morgan fingerprint density at radius 3 is 2.74 bits per heavy atom. The van der Waals surface area contributed by atoms with Crippen LogP contribution >= 0.6 is 24.0 Å². The summed E-state index contributed by atoms with van der Waals surface area (Å²) in [6.45, 7) is 5.51. The summed E-state index contributed by atoms with van der Waals surface area (Å²) in [6.07, 6.45) is 3.86. The molecule has 5 nitrogen and oxygen atoms in total. The van der Waals surface area contributed by atoms with Gasteiger partial charge in [0, 0.05) is 24.7 Å². The van der Waals surface area contributed by atoms with Crippen molar-refractivity contribution in [2.24, 2.45) is 4.99 Å². The Kier molecular flexibility index (Phi) is 8.98. The number of rotatable bonds is 7. The Hall–Kier alpha value is -1.31. The molecule has 1 aliphatic carbocycles. The molecule has 0 spiro atoms. The maximum atomic E-state index is 11.6. The molecule has 1 saturated carbocycles. The average molecular weight is 430 g/mol. The third-order valence-corrected chi connectivity index (χ3v) is 3.37. The van der Waals surface area contributed by atoms with Crippen LogP contribution in [-0.2, 0) is 11.3 Å². The Labute approximate surface area is 155 Å². The summed E-state index contributed by atoms with van der Waals surface area (Å²) in [5.41, 5.74) is 1.92. The number of nitrogens with zero attached hydrogens (tertiary/aromatic N) is 1. The first-order chi connectivity index (χ1) is 10.7. The van der Waals surface area contributed by atoms with E-state index in [0.717, 1.165) is 30.2 Å². The van der Waals surface area contributed by atoms with Crippen LogP contribution in [0.15, 0.2) is 29.3 Å². The number of halogens is 1. The summed E-state index contributed by atoms with van der Waals surface area (Å²) in [5.74, 6) is 0.928. The van der Waals surface area contributed by atoms with Crippen molar-refractivity contribution in [3.05, 3.63) is 29.8 Å². The average Bonchev–Trinajstić information content (AvgIpc) is 3.30. The summed E-state index contributed by atoms with van der Waals surface area (Å²) in [7, 11) is 0. The number of hydrogen-bond acceptors (Lipinski definition) is 2. The molecular weight excluding hydrogens is 403 g/mol. The fraction of sp³-hybridized carbons (Fsp3) is 0.529. The van der Waals surface area contributed by atoms with Crippen LogP contribution in [0.1, 0.15) is 45.1 Å². The highest BCUT2D eigenvalue weighted by molar-refractivity contribution is 14.0. The van der Waals surface area contributed by atoms with E-state index in [4.69, 9.17) is 0 Å². The van der Waals surface area contributed by atoms with Gasteiger partial charge in [0.25, 0.3) is 0 Å². The fourth-order valence-corrected chi connectivity index (χ4v) is 2.11. The van der Waals surface area contributed by atoms with E-state index in [-0.39, 0.29) is 29.9 Å². The van der Waals surface area contributed by atoms with E-state index in [9.17, 15) is 4.79 Å². The molecule has 23 heavy (non-hydrogen) atoms. The van der Waals surface area contributed by atoms with Crippen molar-refractivity contribution < 1.29 is 4.79 Å². The van der Waals surface area contributed by atoms with Gasteiger partial charge in [0.2, 0.25) is 5.91 Å². The monoisotopic (exact) mass is 430 g/mol. The Morgan fingerprint density at radius 2 is 2.09 bits per heavy atom. The van der Waals surface area contributed by atoms with Crippen molar-refractivity contribution in [1.29, 1.82) is 0 Å². The molecule has 128 valence electrons. The lowest BCUT2D eigenvalue weighted by Gasteiger charge is -2.10. The van der Waals surface area contributed by atoms with Crippen LogP contribution in [-0.4, -0.2) is 24.5 Å². The molecular formula is C17H27IN4O. The molecule has 1 aromatic carbocycles. The standard InChI is InChI=1S/C17H26N4O.HI/c1-3-6-16(22)20-15-8-5-7-13(11-15)12-19-17(18-4-2)21-14-9-10-14;/h5,7-8,11,14H,3-4,6,9-10,12H2,1-2H3,(H,20,22)(H2,18,19,21);1H. The second-order valence-corrected chi connectivity index (χ2v) is 5.61. The zero-order chi connectivity index (χ0) is 15.8. The maximum absolute atomic E-state index is 11.6. The van der Waals surface area contributed by atoms with E-state index < -0.39 is 0 Å². The molecule has 0 aliphatic heterocycles. The minimum atomic E-state index is 0. The summed E-state index contributed by atoms with van der Waals surface area (Å²) in [4.78, 5) is 16.2. The third-order valence-electron chi connectivity index (χ3n) is 3.37. The van der Waals surface area contributed by atoms with Gasteiger partial charge in [-0.05, 0) is 43.9 Å². The lowest BCUT2D eigenvalue weighted by Crippen LogP contribution is -2.38. The smallest absolute Gasteiger partial charge is 0.224 e. The normalized spacial score (nSPS) is 13.9. The third kappa shape index (κ3) is 7.67. The van der Waals surface area contributed by atoms with Crippen molar-refractivity contribution in [3.63, 3.8) is 0 Å². The first kappa shape index (κ1) is 19.7.